The van der Waals surface area contributed by atoms with Crippen LogP contribution in [0.5, 0.6) is 0 Å². The fourth-order valence-corrected chi connectivity index (χ4v) is 6.21. The first kappa shape index (κ1) is 16.5. The van der Waals surface area contributed by atoms with Crippen molar-refractivity contribution in [1.29, 1.82) is 0 Å². The van der Waals surface area contributed by atoms with Crippen LogP contribution in [0.25, 0.3) is 0 Å². The van der Waals surface area contributed by atoms with Crippen LogP contribution in [0.4, 0.5) is 0 Å². The Morgan fingerprint density at radius 2 is 1.82 bits per heavy atom. The largest absolute Gasteiger partial charge is 0.394 e. The maximum absolute atomic E-state index is 10.2. The quantitative estimate of drug-likeness (QED) is 0.740. The molecule has 0 heterocycles. The Balaban J connectivity index is 1.93. The van der Waals surface area contributed by atoms with Gasteiger partial charge >= 0.3 is 0 Å². The van der Waals surface area contributed by atoms with Crippen molar-refractivity contribution in [2.24, 2.45) is 22.2 Å². The molecule has 1 saturated carbocycles. The van der Waals surface area contributed by atoms with Crippen LogP contribution in [0, 0.1) is 22.2 Å². The van der Waals surface area contributed by atoms with E-state index in [4.69, 9.17) is 0 Å². The molecule has 1 fully saturated rings. The molecule has 0 saturated heterocycles. The van der Waals surface area contributed by atoms with Crippen molar-refractivity contribution >= 4 is 0 Å². The predicted octanol–water partition coefficient (Wildman–Crippen LogP) is 4.45. The van der Waals surface area contributed by atoms with Gasteiger partial charge in [-0.15, -0.1) is 0 Å². The summed E-state index contributed by atoms with van der Waals surface area (Å²) in [4.78, 5) is 0. The molecule has 2 nitrogen and oxygen atoms in total. The Morgan fingerprint density at radius 1 is 1.09 bits per heavy atom. The van der Waals surface area contributed by atoms with Crippen LogP contribution in [-0.4, -0.2) is 22.9 Å². The van der Waals surface area contributed by atoms with Crippen LogP contribution in [0.15, 0.2) is 11.1 Å². The van der Waals surface area contributed by atoms with E-state index in [2.05, 4.69) is 27.7 Å². The molecule has 0 bridgehead atoms. The number of fused-ring (bicyclic) bond motifs is 2. The van der Waals surface area contributed by atoms with Crippen molar-refractivity contribution in [3.05, 3.63) is 11.1 Å². The highest BCUT2D eigenvalue weighted by atomic mass is 16.3. The molecular weight excluding hydrogens is 272 g/mol. The van der Waals surface area contributed by atoms with E-state index in [1.54, 1.807) is 11.1 Å². The van der Waals surface area contributed by atoms with Gasteiger partial charge in [0.05, 0.1) is 12.7 Å². The highest BCUT2D eigenvalue weighted by Gasteiger charge is 2.52. The molecule has 4 atom stereocenters. The SMILES string of the molecule is CC1(C)CCC[C@]2(C)C3=C(CC[C@@H]12)C[C@@](C)([C@@H](O)CO)CC3. The molecule has 126 valence electrons. The van der Waals surface area contributed by atoms with Crippen LogP contribution < -0.4 is 0 Å². The number of aliphatic hydroxyl groups is 2. The van der Waals surface area contributed by atoms with Gasteiger partial charge in [0, 0.05) is 0 Å². The number of aliphatic hydroxyl groups excluding tert-OH is 2. The topological polar surface area (TPSA) is 40.5 Å². The van der Waals surface area contributed by atoms with Gasteiger partial charge in [-0.3, -0.25) is 0 Å². The van der Waals surface area contributed by atoms with Gasteiger partial charge in [0.25, 0.3) is 0 Å². The molecule has 0 amide bonds. The summed E-state index contributed by atoms with van der Waals surface area (Å²) in [6.45, 7) is 9.54. The fourth-order valence-electron chi connectivity index (χ4n) is 6.21. The highest BCUT2D eigenvalue weighted by Crippen LogP contribution is 2.63. The standard InChI is InChI=1S/C20H34O2/c1-18(2)9-5-10-20(4)15-8-11-19(3,17(22)13-21)12-14(15)6-7-16(18)20/h16-17,21-22H,5-13H2,1-4H3/t16-,17-,19-,20+/m0/s1. The summed E-state index contributed by atoms with van der Waals surface area (Å²) in [5.74, 6) is 0.819. The summed E-state index contributed by atoms with van der Waals surface area (Å²) in [5, 5.41) is 19.6. The van der Waals surface area contributed by atoms with E-state index in [1.807, 2.05) is 0 Å². The molecular formula is C20H34O2. The minimum atomic E-state index is -0.574. The van der Waals surface area contributed by atoms with Crippen molar-refractivity contribution in [2.75, 3.05) is 6.61 Å². The van der Waals surface area contributed by atoms with E-state index >= 15 is 0 Å². The van der Waals surface area contributed by atoms with Crippen LogP contribution in [0.2, 0.25) is 0 Å². The molecule has 0 aromatic carbocycles. The van der Waals surface area contributed by atoms with Gasteiger partial charge in [-0.25, -0.2) is 0 Å². The molecule has 2 heteroatoms. The summed E-state index contributed by atoms with van der Waals surface area (Å²) in [7, 11) is 0. The Hall–Kier alpha value is -0.340. The normalized spacial score (nSPS) is 42.5. The third-order valence-corrected chi connectivity index (χ3v) is 7.62. The zero-order valence-corrected chi connectivity index (χ0v) is 14.9. The Bertz CT molecular complexity index is 478. The highest BCUT2D eigenvalue weighted by molar-refractivity contribution is 5.31. The first-order chi connectivity index (χ1) is 10.2. The summed E-state index contributed by atoms with van der Waals surface area (Å²) in [6.07, 6.45) is 9.17. The smallest absolute Gasteiger partial charge is 0.0827 e. The Morgan fingerprint density at radius 3 is 2.50 bits per heavy atom. The van der Waals surface area contributed by atoms with Gasteiger partial charge in [-0.2, -0.15) is 0 Å². The van der Waals surface area contributed by atoms with Gasteiger partial charge in [0.15, 0.2) is 0 Å². The number of allylic oxidation sites excluding steroid dienone is 2. The predicted molar refractivity (Wildman–Crippen MR) is 90.5 cm³/mol. The van der Waals surface area contributed by atoms with Crippen molar-refractivity contribution in [3.63, 3.8) is 0 Å². The lowest BCUT2D eigenvalue weighted by atomic mass is 9.48. The third-order valence-electron chi connectivity index (χ3n) is 7.62. The zero-order valence-electron chi connectivity index (χ0n) is 14.9. The second-order valence-electron chi connectivity index (χ2n) is 9.46. The lowest BCUT2D eigenvalue weighted by Crippen LogP contribution is -2.48. The second kappa shape index (κ2) is 5.34. The molecule has 0 aliphatic heterocycles. The second-order valence-corrected chi connectivity index (χ2v) is 9.46. The van der Waals surface area contributed by atoms with Crippen molar-refractivity contribution < 1.29 is 10.2 Å². The lowest BCUT2D eigenvalue weighted by molar-refractivity contribution is -0.0295. The van der Waals surface area contributed by atoms with E-state index in [0.717, 1.165) is 25.2 Å². The van der Waals surface area contributed by atoms with Crippen LogP contribution >= 0.6 is 0 Å². The molecule has 22 heavy (non-hydrogen) atoms. The van der Waals surface area contributed by atoms with Crippen LogP contribution in [0.3, 0.4) is 0 Å². The molecule has 3 aliphatic rings. The number of rotatable bonds is 2. The van der Waals surface area contributed by atoms with E-state index < -0.39 is 6.10 Å². The molecule has 0 spiro atoms. The van der Waals surface area contributed by atoms with Crippen molar-refractivity contribution in [3.8, 4) is 0 Å². The van der Waals surface area contributed by atoms with Crippen molar-refractivity contribution in [2.45, 2.75) is 85.2 Å². The summed E-state index contributed by atoms with van der Waals surface area (Å²) < 4.78 is 0. The van der Waals surface area contributed by atoms with E-state index in [1.165, 1.54) is 32.1 Å². The minimum Gasteiger partial charge on any atom is -0.394 e. The minimum absolute atomic E-state index is 0.105. The third kappa shape index (κ3) is 2.38. The van der Waals surface area contributed by atoms with E-state index in [0.29, 0.717) is 10.8 Å². The first-order valence-corrected chi connectivity index (χ1v) is 9.23. The molecule has 0 aromatic heterocycles. The van der Waals surface area contributed by atoms with Gasteiger partial charge in [-0.05, 0) is 67.1 Å². The molecule has 2 N–H and O–H groups in total. The first-order valence-electron chi connectivity index (χ1n) is 9.23. The summed E-state index contributed by atoms with van der Waals surface area (Å²) in [5.41, 5.74) is 4.09. The van der Waals surface area contributed by atoms with E-state index in [9.17, 15) is 10.2 Å². The summed E-state index contributed by atoms with van der Waals surface area (Å²) in [6, 6.07) is 0. The Kier molecular flexibility index (Phi) is 4.01. The Labute approximate surface area is 136 Å². The molecule has 0 radical (unpaired) electrons. The maximum atomic E-state index is 10.2. The fraction of sp³-hybridized carbons (Fsp3) is 0.900. The molecule has 3 aliphatic carbocycles. The van der Waals surface area contributed by atoms with Gasteiger partial charge in [0.1, 0.15) is 0 Å². The monoisotopic (exact) mass is 306 g/mol. The van der Waals surface area contributed by atoms with Crippen LogP contribution in [-0.2, 0) is 0 Å². The van der Waals surface area contributed by atoms with Crippen LogP contribution in [0.1, 0.15) is 79.1 Å². The molecule has 0 unspecified atom stereocenters. The maximum Gasteiger partial charge on any atom is 0.0827 e. The van der Waals surface area contributed by atoms with E-state index in [-0.39, 0.29) is 12.0 Å². The number of hydrogen-bond acceptors (Lipinski definition) is 2. The van der Waals surface area contributed by atoms with Gasteiger partial charge in [-0.1, -0.05) is 45.3 Å². The summed E-state index contributed by atoms with van der Waals surface area (Å²) >= 11 is 0. The zero-order chi connectivity index (χ0) is 16.2. The molecule has 3 rings (SSSR count). The lowest BCUT2D eigenvalue weighted by Gasteiger charge is -2.57. The molecule has 0 aromatic rings. The van der Waals surface area contributed by atoms with Gasteiger partial charge < -0.3 is 10.2 Å². The number of hydrogen-bond donors (Lipinski definition) is 2. The van der Waals surface area contributed by atoms with Crippen molar-refractivity contribution in [1.82, 2.24) is 0 Å². The average Bonchev–Trinajstić information content (AvgIpc) is 2.45. The van der Waals surface area contributed by atoms with Gasteiger partial charge in [0.2, 0.25) is 0 Å². The average molecular weight is 306 g/mol.